The van der Waals surface area contributed by atoms with Crippen LogP contribution in [0.3, 0.4) is 0 Å². The molecule has 0 saturated heterocycles. The Morgan fingerprint density at radius 3 is 2.10 bits per heavy atom. The number of aromatic nitrogens is 1. The van der Waals surface area contributed by atoms with E-state index in [-0.39, 0.29) is 5.91 Å². The lowest BCUT2D eigenvalue weighted by atomic mass is 9.97. The van der Waals surface area contributed by atoms with E-state index >= 15 is 0 Å². The molecule has 0 fully saturated rings. The van der Waals surface area contributed by atoms with Crippen molar-refractivity contribution < 1.29 is 23.7 Å². The zero-order valence-corrected chi connectivity index (χ0v) is 17.1. The van der Waals surface area contributed by atoms with Gasteiger partial charge in [-0.2, -0.15) is 0 Å². The molecule has 0 radical (unpaired) electrons. The van der Waals surface area contributed by atoms with Crippen molar-refractivity contribution in [2.45, 2.75) is 13.0 Å². The molecule has 3 rings (SSSR count). The number of hydrogen-bond acceptors (Lipinski definition) is 6. The molecule has 0 unspecified atom stereocenters. The summed E-state index contributed by atoms with van der Waals surface area (Å²) < 4.78 is 21.6. The van der Waals surface area contributed by atoms with Crippen molar-refractivity contribution in [3.05, 3.63) is 53.9 Å². The topological polar surface area (TPSA) is 78.9 Å². The van der Waals surface area contributed by atoms with Gasteiger partial charge < -0.3 is 24.3 Å². The smallest absolute Gasteiger partial charge is 0.217 e. The lowest BCUT2D eigenvalue weighted by Crippen LogP contribution is -2.27. The molecule has 0 spiro atoms. The van der Waals surface area contributed by atoms with E-state index in [1.54, 1.807) is 40.7 Å². The molecule has 1 atom stereocenters. The van der Waals surface area contributed by atoms with E-state index in [1.807, 2.05) is 30.3 Å². The minimum atomic E-state index is -0.492. The number of ether oxygens (including phenoxy) is 4. The SMILES string of the molecule is COc1ccc([C@H](NC(C)=O)c2nccc3cc(OC)c(OC)cc23)cc1OC. The number of amides is 1. The summed E-state index contributed by atoms with van der Waals surface area (Å²) in [6, 6.07) is 10.7. The average molecular weight is 396 g/mol. The highest BCUT2D eigenvalue weighted by Gasteiger charge is 2.22. The van der Waals surface area contributed by atoms with E-state index in [0.29, 0.717) is 28.7 Å². The van der Waals surface area contributed by atoms with Crippen LogP contribution in [0.15, 0.2) is 42.6 Å². The molecule has 7 heteroatoms. The van der Waals surface area contributed by atoms with Gasteiger partial charge in [0.2, 0.25) is 5.91 Å². The zero-order chi connectivity index (χ0) is 21.0. The van der Waals surface area contributed by atoms with Gasteiger partial charge >= 0.3 is 0 Å². The molecular weight excluding hydrogens is 372 g/mol. The monoisotopic (exact) mass is 396 g/mol. The van der Waals surface area contributed by atoms with Crippen LogP contribution >= 0.6 is 0 Å². The van der Waals surface area contributed by atoms with Crippen molar-refractivity contribution >= 4 is 16.7 Å². The van der Waals surface area contributed by atoms with E-state index in [4.69, 9.17) is 18.9 Å². The second kappa shape index (κ2) is 8.68. The molecule has 0 aliphatic heterocycles. The summed E-state index contributed by atoms with van der Waals surface area (Å²) in [4.78, 5) is 16.6. The standard InChI is InChI=1S/C22H24N2O5/c1-13(25)24-21(15-6-7-17(26-2)18(11-15)27-3)22-16-12-20(29-5)19(28-4)10-14(16)8-9-23-22/h6-12,21H,1-5H3,(H,24,25)/t21-/m0/s1. The molecule has 29 heavy (non-hydrogen) atoms. The van der Waals surface area contributed by atoms with Gasteiger partial charge in [-0.15, -0.1) is 0 Å². The Morgan fingerprint density at radius 1 is 0.862 bits per heavy atom. The molecule has 0 aliphatic carbocycles. The van der Waals surface area contributed by atoms with Gasteiger partial charge in [-0.3, -0.25) is 9.78 Å². The fourth-order valence-electron chi connectivity index (χ4n) is 3.30. The van der Waals surface area contributed by atoms with Crippen LogP contribution in [0, 0.1) is 0 Å². The van der Waals surface area contributed by atoms with Crippen LogP contribution in [0.1, 0.15) is 24.2 Å². The predicted octanol–water partition coefficient (Wildman–Crippen LogP) is 3.49. The minimum Gasteiger partial charge on any atom is -0.493 e. The predicted molar refractivity (Wildman–Crippen MR) is 110 cm³/mol. The minimum absolute atomic E-state index is 0.177. The fourth-order valence-corrected chi connectivity index (χ4v) is 3.30. The Morgan fingerprint density at radius 2 is 1.48 bits per heavy atom. The summed E-state index contributed by atoms with van der Waals surface area (Å²) in [5.74, 6) is 2.21. The third-order valence-corrected chi connectivity index (χ3v) is 4.66. The maximum Gasteiger partial charge on any atom is 0.217 e. The Hall–Kier alpha value is -3.48. The third-order valence-electron chi connectivity index (χ3n) is 4.66. The first-order valence-electron chi connectivity index (χ1n) is 9.02. The molecule has 7 nitrogen and oxygen atoms in total. The molecule has 1 heterocycles. The Bertz CT molecular complexity index is 1040. The summed E-state index contributed by atoms with van der Waals surface area (Å²) >= 11 is 0. The number of fused-ring (bicyclic) bond motifs is 1. The summed E-state index contributed by atoms with van der Waals surface area (Å²) in [5, 5.41) is 4.76. The van der Waals surface area contributed by atoms with Crippen molar-refractivity contribution in [2.24, 2.45) is 0 Å². The zero-order valence-electron chi connectivity index (χ0n) is 17.1. The first kappa shape index (κ1) is 20.3. The van der Waals surface area contributed by atoms with Crippen molar-refractivity contribution in [3.8, 4) is 23.0 Å². The number of methoxy groups -OCH3 is 4. The number of pyridine rings is 1. The second-order valence-electron chi connectivity index (χ2n) is 6.37. The molecule has 3 aromatic rings. The highest BCUT2D eigenvalue weighted by molar-refractivity contribution is 5.89. The van der Waals surface area contributed by atoms with Crippen LogP contribution in [0.4, 0.5) is 0 Å². The summed E-state index contributed by atoms with van der Waals surface area (Å²) in [7, 11) is 6.33. The van der Waals surface area contributed by atoms with Crippen LogP contribution in [-0.2, 0) is 4.79 Å². The van der Waals surface area contributed by atoms with Crippen LogP contribution in [0.25, 0.3) is 10.8 Å². The van der Waals surface area contributed by atoms with Crippen molar-refractivity contribution in [1.29, 1.82) is 0 Å². The van der Waals surface area contributed by atoms with Crippen LogP contribution in [0.5, 0.6) is 23.0 Å². The molecule has 0 saturated carbocycles. The molecule has 0 bridgehead atoms. The van der Waals surface area contributed by atoms with E-state index in [9.17, 15) is 4.79 Å². The van der Waals surface area contributed by atoms with E-state index in [2.05, 4.69) is 10.3 Å². The van der Waals surface area contributed by atoms with Gasteiger partial charge in [0.1, 0.15) is 0 Å². The van der Waals surface area contributed by atoms with Gasteiger partial charge in [0.25, 0.3) is 0 Å². The van der Waals surface area contributed by atoms with Crippen molar-refractivity contribution in [2.75, 3.05) is 28.4 Å². The molecule has 152 valence electrons. The van der Waals surface area contributed by atoms with E-state index < -0.39 is 6.04 Å². The van der Waals surface area contributed by atoms with Gasteiger partial charge in [-0.25, -0.2) is 0 Å². The van der Waals surface area contributed by atoms with Gasteiger partial charge in [0.05, 0.1) is 40.2 Å². The lowest BCUT2D eigenvalue weighted by Gasteiger charge is -2.21. The lowest BCUT2D eigenvalue weighted by molar-refractivity contribution is -0.119. The van der Waals surface area contributed by atoms with Crippen LogP contribution < -0.4 is 24.3 Å². The van der Waals surface area contributed by atoms with Gasteiger partial charge in [0.15, 0.2) is 23.0 Å². The van der Waals surface area contributed by atoms with Crippen molar-refractivity contribution in [3.63, 3.8) is 0 Å². The van der Waals surface area contributed by atoms with Crippen LogP contribution in [-0.4, -0.2) is 39.3 Å². The maximum absolute atomic E-state index is 12.0. The normalized spacial score (nSPS) is 11.6. The van der Waals surface area contributed by atoms with E-state index in [1.165, 1.54) is 6.92 Å². The Labute approximate surface area is 169 Å². The van der Waals surface area contributed by atoms with Crippen LogP contribution in [0.2, 0.25) is 0 Å². The molecule has 0 aliphatic rings. The molecule has 1 aromatic heterocycles. The summed E-state index contributed by atoms with van der Waals surface area (Å²) in [6.07, 6.45) is 1.71. The summed E-state index contributed by atoms with van der Waals surface area (Å²) in [6.45, 7) is 1.47. The summed E-state index contributed by atoms with van der Waals surface area (Å²) in [5.41, 5.74) is 1.50. The second-order valence-corrected chi connectivity index (χ2v) is 6.37. The Balaban J connectivity index is 2.22. The highest BCUT2D eigenvalue weighted by atomic mass is 16.5. The Kier molecular flexibility index (Phi) is 6.07. The number of carbonyl (C=O) groups excluding carboxylic acids is 1. The fraction of sp³-hybridized carbons (Fsp3) is 0.273. The first-order valence-corrected chi connectivity index (χ1v) is 9.02. The van der Waals surface area contributed by atoms with Crippen molar-refractivity contribution in [1.82, 2.24) is 10.3 Å². The molecule has 2 aromatic carbocycles. The number of rotatable bonds is 7. The largest absolute Gasteiger partial charge is 0.493 e. The third kappa shape index (κ3) is 4.03. The molecule has 1 N–H and O–H groups in total. The number of carbonyl (C=O) groups is 1. The molecule has 1 amide bonds. The number of nitrogens with zero attached hydrogens (tertiary/aromatic N) is 1. The van der Waals surface area contributed by atoms with E-state index in [0.717, 1.165) is 16.3 Å². The molecular formula is C22H24N2O5. The number of nitrogens with one attached hydrogen (secondary N) is 1. The quantitative estimate of drug-likeness (QED) is 0.659. The maximum atomic E-state index is 12.0. The van der Waals surface area contributed by atoms with Gasteiger partial charge in [-0.05, 0) is 41.3 Å². The van der Waals surface area contributed by atoms with Gasteiger partial charge in [0, 0.05) is 18.5 Å². The average Bonchev–Trinajstić information content (AvgIpc) is 2.75. The number of hydrogen-bond donors (Lipinski definition) is 1. The highest BCUT2D eigenvalue weighted by Crippen LogP contribution is 2.37. The first-order chi connectivity index (χ1) is 14.0. The number of benzene rings is 2. The van der Waals surface area contributed by atoms with Gasteiger partial charge in [-0.1, -0.05) is 6.07 Å².